The molecule has 1 N–H and O–H groups in total. The minimum absolute atomic E-state index is 0.000568. The summed E-state index contributed by atoms with van der Waals surface area (Å²) >= 11 is 0. The van der Waals surface area contributed by atoms with Crippen molar-refractivity contribution < 1.29 is 18.8 Å². The van der Waals surface area contributed by atoms with Crippen LogP contribution in [-0.4, -0.2) is 65.0 Å². The molecule has 0 unspecified atom stereocenters. The molecule has 9 heteroatoms. The second kappa shape index (κ2) is 11.1. The number of anilines is 1. The number of carbonyl (C=O) groups excluding carboxylic acids is 2. The zero-order chi connectivity index (χ0) is 24.8. The molecule has 0 atom stereocenters. The van der Waals surface area contributed by atoms with Crippen molar-refractivity contribution in [1.29, 1.82) is 0 Å². The molecule has 4 rings (SSSR count). The van der Waals surface area contributed by atoms with E-state index in [4.69, 9.17) is 9.26 Å². The van der Waals surface area contributed by atoms with Crippen LogP contribution in [0.4, 0.5) is 5.69 Å². The molecule has 0 bridgehead atoms. The molecular weight excluding hydrogens is 446 g/mol. The fourth-order valence-corrected chi connectivity index (χ4v) is 4.01. The molecule has 35 heavy (non-hydrogen) atoms. The van der Waals surface area contributed by atoms with Gasteiger partial charge in [-0.05, 0) is 35.7 Å². The third kappa shape index (κ3) is 6.24. The second-order valence-electron chi connectivity index (χ2n) is 8.87. The van der Waals surface area contributed by atoms with Gasteiger partial charge in [0.05, 0.1) is 25.8 Å². The Labute approximate surface area is 205 Å². The first-order valence-corrected chi connectivity index (χ1v) is 11.8. The third-order valence-electron chi connectivity index (χ3n) is 6.05. The minimum Gasteiger partial charge on any atom is -0.495 e. The summed E-state index contributed by atoms with van der Waals surface area (Å²) in [6.45, 7) is 7.44. The van der Waals surface area contributed by atoms with Crippen LogP contribution in [0.25, 0.3) is 0 Å². The standard InChI is InChI=1S/C26H31N5O4/c1-18(2)19-8-10-20(11-9-19)26(33)31-14-12-30(13-15-31)17-25-28-23(29-35-25)16-24(32)27-21-6-4-5-7-22(21)34-3/h4-11,18H,12-17H2,1-3H3,(H,27,32). The fourth-order valence-electron chi connectivity index (χ4n) is 4.01. The Morgan fingerprint density at radius 3 is 2.46 bits per heavy atom. The number of hydrogen-bond acceptors (Lipinski definition) is 7. The first kappa shape index (κ1) is 24.4. The number of nitrogens with zero attached hydrogens (tertiary/aromatic N) is 4. The molecule has 0 spiro atoms. The molecule has 1 saturated heterocycles. The van der Waals surface area contributed by atoms with Gasteiger partial charge in [-0.2, -0.15) is 4.98 Å². The van der Waals surface area contributed by atoms with Crippen molar-refractivity contribution in [3.8, 4) is 5.75 Å². The number of ether oxygens (including phenoxy) is 1. The van der Waals surface area contributed by atoms with E-state index in [9.17, 15) is 9.59 Å². The van der Waals surface area contributed by atoms with E-state index in [2.05, 4.69) is 34.2 Å². The first-order chi connectivity index (χ1) is 16.9. The summed E-state index contributed by atoms with van der Waals surface area (Å²) in [6.07, 6.45) is -0.000568. The predicted octanol–water partition coefficient (Wildman–Crippen LogP) is 3.34. The van der Waals surface area contributed by atoms with Gasteiger partial charge >= 0.3 is 0 Å². The van der Waals surface area contributed by atoms with Crippen molar-refractivity contribution >= 4 is 17.5 Å². The third-order valence-corrected chi connectivity index (χ3v) is 6.05. The van der Waals surface area contributed by atoms with Crippen LogP contribution in [0.3, 0.4) is 0 Å². The normalized spacial score (nSPS) is 14.2. The number of hydrogen-bond donors (Lipinski definition) is 1. The minimum atomic E-state index is -0.254. The maximum Gasteiger partial charge on any atom is 0.253 e. The van der Waals surface area contributed by atoms with Gasteiger partial charge in [-0.3, -0.25) is 14.5 Å². The average Bonchev–Trinajstić information content (AvgIpc) is 3.30. The van der Waals surface area contributed by atoms with Crippen LogP contribution in [0.1, 0.15) is 47.4 Å². The van der Waals surface area contributed by atoms with E-state index in [1.54, 1.807) is 19.2 Å². The van der Waals surface area contributed by atoms with Gasteiger partial charge in [-0.15, -0.1) is 0 Å². The van der Waals surface area contributed by atoms with Crippen molar-refractivity contribution in [3.05, 3.63) is 71.4 Å². The van der Waals surface area contributed by atoms with Gasteiger partial charge in [-0.1, -0.05) is 43.3 Å². The molecule has 9 nitrogen and oxygen atoms in total. The van der Waals surface area contributed by atoms with Crippen LogP contribution >= 0.6 is 0 Å². The highest BCUT2D eigenvalue weighted by atomic mass is 16.5. The molecule has 1 aliphatic rings. The fraction of sp³-hybridized carbons (Fsp3) is 0.385. The second-order valence-corrected chi connectivity index (χ2v) is 8.87. The Morgan fingerprint density at radius 1 is 1.06 bits per heavy atom. The molecule has 0 saturated carbocycles. The van der Waals surface area contributed by atoms with Crippen LogP contribution in [-0.2, 0) is 17.8 Å². The van der Waals surface area contributed by atoms with E-state index in [0.29, 0.717) is 61.8 Å². The molecule has 0 radical (unpaired) electrons. The van der Waals surface area contributed by atoms with Crippen LogP contribution < -0.4 is 10.1 Å². The summed E-state index contributed by atoms with van der Waals surface area (Å²) in [5.74, 6) is 1.60. The lowest BCUT2D eigenvalue weighted by molar-refractivity contribution is -0.115. The van der Waals surface area contributed by atoms with E-state index in [-0.39, 0.29) is 18.2 Å². The predicted molar refractivity (Wildman–Crippen MR) is 131 cm³/mol. The van der Waals surface area contributed by atoms with E-state index in [1.807, 2.05) is 41.3 Å². The first-order valence-electron chi connectivity index (χ1n) is 11.8. The maximum atomic E-state index is 12.8. The van der Waals surface area contributed by atoms with Gasteiger partial charge in [0, 0.05) is 31.7 Å². The molecule has 3 aromatic rings. The quantitative estimate of drug-likeness (QED) is 0.531. The molecule has 2 amide bonds. The Balaban J connectivity index is 1.25. The Morgan fingerprint density at radius 2 is 1.77 bits per heavy atom. The van der Waals surface area contributed by atoms with Crippen molar-refractivity contribution in [2.75, 3.05) is 38.6 Å². The zero-order valence-corrected chi connectivity index (χ0v) is 20.4. The van der Waals surface area contributed by atoms with Gasteiger partial charge in [0.2, 0.25) is 11.8 Å². The topological polar surface area (TPSA) is 101 Å². The molecule has 2 aromatic carbocycles. The molecule has 2 heterocycles. The zero-order valence-electron chi connectivity index (χ0n) is 20.4. The number of nitrogens with one attached hydrogen (secondary N) is 1. The molecule has 1 fully saturated rings. The van der Waals surface area contributed by atoms with E-state index in [0.717, 1.165) is 5.56 Å². The lowest BCUT2D eigenvalue weighted by Gasteiger charge is -2.34. The highest BCUT2D eigenvalue weighted by molar-refractivity contribution is 5.94. The molecule has 1 aliphatic heterocycles. The summed E-state index contributed by atoms with van der Waals surface area (Å²) in [6, 6.07) is 15.1. The summed E-state index contributed by atoms with van der Waals surface area (Å²) in [5.41, 5.74) is 2.53. The Kier molecular flexibility index (Phi) is 7.77. The lowest BCUT2D eigenvalue weighted by atomic mass is 10.0. The molecular formula is C26H31N5O4. The molecule has 0 aliphatic carbocycles. The van der Waals surface area contributed by atoms with Gasteiger partial charge < -0.3 is 19.5 Å². The van der Waals surface area contributed by atoms with E-state index >= 15 is 0 Å². The van der Waals surface area contributed by atoms with Crippen LogP contribution in [0.15, 0.2) is 53.1 Å². The number of piperazine rings is 1. The number of carbonyl (C=O) groups is 2. The Hall–Kier alpha value is -3.72. The summed E-state index contributed by atoms with van der Waals surface area (Å²) < 4.78 is 10.6. The van der Waals surface area contributed by atoms with Gasteiger partial charge in [-0.25, -0.2) is 0 Å². The summed E-state index contributed by atoms with van der Waals surface area (Å²) in [5, 5.41) is 6.74. The van der Waals surface area contributed by atoms with Gasteiger partial charge in [0.15, 0.2) is 5.82 Å². The molecule has 1 aromatic heterocycles. The number of rotatable bonds is 8. The Bertz CT molecular complexity index is 1150. The number of aromatic nitrogens is 2. The SMILES string of the molecule is COc1ccccc1NC(=O)Cc1noc(CN2CCN(C(=O)c3ccc(C(C)C)cc3)CC2)n1. The summed E-state index contributed by atoms with van der Waals surface area (Å²) in [4.78, 5) is 33.6. The van der Waals surface area contributed by atoms with Crippen molar-refractivity contribution in [2.45, 2.75) is 32.7 Å². The van der Waals surface area contributed by atoms with Gasteiger partial charge in [0.1, 0.15) is 5.75 Å². The summed E-state index contributed by atoms with van der Waals surface area (Å²) in [7, 11) is 1.55. The van der Waals surface area contributed by atoms with Crippen LogP contribution in [0, 0.1) is 0 Å². The largest absolute Gasteiger partial charge is 0.495 e. The maximum absolute atomic E-state index is 12.8. The van der Waals surface area contributed by atoms with Crippen molar-refractivity contribution in [2.24, 2.45) is 0 Å². The highest BCUT2D eigenvalue weighted by Crippen LogP contribution is 2.23. The number of benzene rings is 2. The van der Waals surface area contributed by atoms with Crippen molar-refractivity contribution in [3.63, 3.8) is 0 Å². The average molecular weight is 478 g/mol. The number of amides is 2. The monoisotopic (exact) mass is 477 g/mol. The van der Waals surface area contributed by atoms with E-state index in [1.165, 1.54) is 5.56 Å². The van der Waals surface area contributed by atoms with Crippen LogP contribution in [0.5, 0.6) is 5.75 Å². The van der Waals surface area contributed by atoms with Gasteiger partial charge in [0.25, 0.3) is 5.91 Å². The highest BCUT2D eigenvalue weighted by Gasteiger charge is 2.24. The number of para-hydroxylation sites is 2. The van der Waals surface area contributed by atoms with Crippen LogP contribution in [0.2, 0.25) is 0 Å². The van der Waals surface area contributed by atoms with E-state index < -0.39 is 0 Å². The molecule has 184 valence electrons. The van der Waals surface area contributed by atoms with Crippen molar-refractivity contribution in [1.82, 2.24) is 19.9 Å². The smallest absolute Gasteiger partial charge is 0.253 e. The number of methoxy groups -OCH3 is 1. The lowest BCUT2D eigenvalue weighted by Crippen LogP contribution is -2.48.